The van der Waals surface area contributed by atoms with Crippen LogP contribution in [-0.2, 0) is 14.3 Å². The minimum absolute atomic E-state index is 0.0171. The van der Waals surface area contributed by atoms with Gasteiger partial charge in [0, 0.05) is 5.92 Å². The van der Waals surface area contributed by atoms with E-state index in [0.29, 0.717) is 19.3 Å². The fraction of sp³-hybridized carbons (Fsp3) is 0.320. The summed E-state index contributed by atoms with van der Waals surface area (Å²) >= 11 is 0. The van der Waals surface area contributed by atoms with Crippen LogP contribution in [0.25, 0.3) is 11.1 Å². The molecule has 0 heterocycles. The SMILES string of the molecule is O=C(NC1C=CC(C(=O)NC2(C(=O)O)CC2)C1)OCC1c2ccccc2-c2ccccc21. The molecule has 1 saturated carbocycles. The number of hydrogen-bond acceptors (Lipinski definition) is 4. The van der Waals surface area contributed by atoms with Crippen LogP contribution in [0.15, 0.2) is 60.7 Å². The number of ether oxygens (including phenoxy) is 1. The normalized spacial score (nSPS) is 22.0. The molecule has 2 unspecified atom stereocenters. The van der Waals surface area contributed by atoms with E-state index in [1.54, 1.807) is 12.2 Å². The van der Waals surface area contributed by atoms with Gasteiger partial charge in [-0.1, -0.05) is 60.7 Å². The molecule has 0 aliphatic heterocycles. The number of benzene rings is 2. The predicted molar refractivity (Wildman–Crippen MR) is 117 cm³/mol. The van der Waals surface area contributed by atoms with E-state index in [-0.39, 0.29) is 24.5 Å². The molecular formula is C25H24N2O5. The molecule has 3 N–H and O–H groups in total. The zero-order valence-corrected chi connectivity index (χ0v) is 17.4. The van der Waals surface area contributed by atoms with E-state index < -0.39 is 23.5 Å². The van der Waals surface area contributed by atoms with Gasteiger partial charge in [0.1, 0.15) is 12.1 Å². The minimum Gasteiger partial charge on any atom is -0.480 e. The Bertz CT molecular complexity index is 1080. The minimum atomic E-state index is -1.11. The molecule has 164 valence electrons. The number of carbonyl (C=O) groups is 3. The number of carbonyl (C=O) groups excluding carboxylic acids is 2. The molecule has 7 heteroatoms. The van der Waals surface area contributed by atoms with Gasteiger partial charge >= 0.3 is 12.1 Å². The van der Waals surface area contributed by atoms with Gasteiger partial charge in [-0.2, -0.15) is 0 Å². The van der Waals surface area contributed by atoms with E-state index in [1.807, 2.05) is 24.3 Å². The van der Waals surface area contributed by atoms with Crippen LogP contribution in [0.2, 0.25) is 0 Å². The lowest BCUT2D eigenvalue weighted by molar-refractivity contribution is -0.143. The number of nitrogens with one attached hydrogen (secondary N) is 2. The van der Waals surface area contributed by atoms with Crippen molar-refractivity contribution in [1.29, 1.82) is 0 Å². The van der Waals surface area contributed by atoms with Crippen molar-refractivity contribution in [3.05, 3.63) is 71.8 Å². The second-order valence-electron chi connectivity index (χ2n) is 8.68. The maximum absolute atomic E-state index is 12.4. The summed E-state index contributed by atoms with van der Waals surface area (Å²) in [5.41, 5.74) is 3.51. The Morgan fingerprint density at radius 3 is 2.19 bits per heavy atom. The molecule has 2 aromatic carbocycles. The highest BCUT2D eigenvalue weighted by Gasteiger charge is 2.52. The molecule has 3 aliphatic rings. The monoisotopic (exact) mass is 432 g/mol. The highest BCUT2D eigenvalue weighted by Crippen LogP contribution is 2.44. The number of rotatable bonds is 6. The summed E-state index contributed by atoms with van der Waals surface area (Å²) in [5, 5.41) is 14.7. The number of amides is 2. The van der Waals surface area contributed by atoms with Crippen LogP contribution in [0.3, 0.4) is 0 Å². The zero-order valence-electron chi connectivity index (χ0n) is 17.4. The van der Waals surface area contributed by atoms with Crippen LogP contribution in [0.4, 0.5) is 4.79 Å². The molecule has 2 aromatic rings. The van der Waals surface area contributed by atoms with E-state index in [1.165, 1.54) is 11.1 Å². The van der Waals surface area contributed by atoms with Crippen molar-refractivity contribution in [2.45, 2.75) is 36.8 Å². The average molecular weight is 432 g/mol. The third-order valence-corrected chi connectivity index (χ3v) is 6.59. The molecule has 0 aromatic heterocycles. The van der Waals surface area contributed by atoms with E-state index in [0.717, 1.165) is 11.1 Å². The first-order valence-corrected chi connectivity index (χ1v) is 10.8. The lowest BCUT2D eigenvalue weighted by atomic mass is 9.98. The summed E-state index contributed by atoms with van der Waals surface area (Å²) in [7, 11) is 0. The first-order valence-electron chi connectivity index (χ1n) is 10.8. The maximum Gasteiger partial charge on any atom is 0.407 e. The topological polar surface area (TPSA) is 105 Å². The molecule has 0 saturated heterocycles. The van der Waals surface area contributed by atoms with Gasteiger partial charge < -0.3 is 20.5 Å². The average Bonchev–Trinajstić information content (AvgIpc) is 3.31. The smallest absolute Gasteiger partial charge is 0.407 e. The number of carboxylic acid groups (broad SMARTS) is 1. The van der Waals surface area contributed by atoms with E-state index >= 15 is 0 Å². The number of fused-ring (bicyclic) bond motifs is 3. The highest BCUT2D eigenvalue weighted by atomic mass is 16.5. The maximum atomic E-state index is 12.4. The van der Waals surface area contributed by atoms with Crippen molar-refractivity contribution >= 4 is 18.0 Å². The third kappa shape index (κ3) is 3.64. The highest BCUT2D eigenvalue weighted by molar-refractivity contribution is 5.91. The van der Waals surface area contributed by atoms with Crippen LogP contribution >= 0.6 is 0 Å². The molecule has 2 amide bonds. The van der Waals surface area contributed by atoms with Gasteiger partial charge in [0.05, 0.1) is 12.0 Å². The van der Waals surface area contributed by atoms with Gasteiger partial charge in [-0.3, -0.25) is 4.79 Å². The van der Waals surface area contributed by atoms with Crippen molar-refractivity contribution in [1.82, 2.24) is 10.6 Å². The molecule has 5 rings (SSSR count). The fourth-order valence-electron chi connectivity index (χ4n) is 4.64. The number of aliphatic carboxylic acids is 1. The van der Waals surface area contributed by atoms with Crippen molar-refractivity contribution in [3.8, 4) is 11.1 Å². The van der Waals surface area contributed by atoms with Crippen molar-refractivity contribution in [3.63, 3.8) is 0 Å². The molecule has 32 heavy (non-hydrogen) atoms. The quantitative estimate of drug-likeness (QED) is 0.608. The summed E-state index contributed by atoms with van der Waals surface area (Å²) in [6.07, 6.45) is 4.21. The Labute approximate surface area is 185 Å². The van der Waals surface area contributed by atoms with Crippen LogP contribution < -0.4 is 10.6 Å². The van der Waals surface area contributed by atoms with Gasteiger partial charge in [-0.15, -0.1) is 0 Å². The molecule has 2 atom stereocenters. The molecular weight excluding hydrogens is 408 g/mol. The number of alkyl carbamates (subject to hydrolysis) is 1. The van der Waals surface area contributed by atoms with Gasteiger partial charge in [0.25, 0.3) is 0 Å². The summed E-state index contributed by atoms with van der Waals surface area (Å²) in [5.74, 6) is -1.80. The largest absolute Gasteiger partial charge is 0.480 e. The second kappa shape index (κ2) is 7.82. The van der Waals surface area contributed by atoms with Gasteiger partial charge in [0.15, 0.2) is 0 Å². The van der Waals surface area contributed by atoms with E-state index in [4.69, 9.17) is 4.74 Å². The van der Waals surface area contributed by atoms with Crippen LogP contribution in [0, 0.1) is 5.92 Å². The summed E-state index contributed by atoms with van der Waals surface area (Å²) in [6, 6.07) is 15.9. The van der Waals surface area contributed by atoms with E-state index in [2.05, 4.69) is 34.9 Å². The van der Waals surface area contributed by atoms with Crippen molar-refractivity contribution in [2.75, 3.05) is 6.61 Å². The zero-order chi connectivity index (χ0) is 22.3. The Hall–Kier alpha value is -3.61. The Morgan fingerprint density at radius 2 is 1.59 bits per heavy atom. The number of hydrogen-bond donors (Lipinski definition) is 3. The van der Waals surface area contributed by atoms with E-state index in [9.17, 15) is 19.5 Å². The predicted octanol–water partition coefficient (Wildman–Crippen LogP) is 3.20. The van der Waals surface area contributed by atoms with Crippen LogP contribution in [0.5, 0.6) is 0 Å². The molecule has 0 radical (unpaired) electrons. The second-order valence-corrected chi connectivity index (χ2v) is 8.68. The molecule has 7 nitrogen and oxygen atoms in total. The lowest BCUT2D eigenvalue weighted by Crippen LogP contribution is -2.45. The third-order valence-electron chi connectivity index (χ3n) is 6.59. The molecule has 0 spiro atoms. The summed E-state index contributed by atoms with van der Waals surface area (Å²) in [6.45, 7) is 0.224. The van der Waals surface area contributed by atoms with Gasteiger partial charge in [0.2, 0.25) is 5.91 Å². The first-order chi connectivity index (χ1) is 15.5. The van der Waals surface area contributed by atoms with Gasteiger partial charge in [-0.05, 0) is 41.5 Å². The molecule has 3 aliphatic carbocycles. The van der Waals surface area contributed by atoms with Crippen LogP contribution in [0.1, 0.15) is 36.3 Å². The molecule has 1 fully saturated rings. The number of carboxylic acids is 1. The Morgan fingerprint density at radius 1 is 0.969 bits per heavy atom. The summed E-state index contributed by atoms with van der Waals surface area (Å²) < 4.78 is 5.56. The summed E-state index contributed by atoms with van der Waals surface area (Å²) in [4.78, 5) is 36.1. The van der Waals surface area contributed by atoms with Crippen molar-refractivity contribution < 1.29 is 24.2 Å². The standard InChI is InChI=1S/C25H24N2O5/c28-22(27-25(11-12-25)23(29)30)15-9-10-16(13-15)26-24(31)32-14-21-19-7-3-1-5-17(19)18-6-2-4-8-20(18)21/h1-10,15-16,21H,11-14H2,(H,26,31)(H,27,28)(H,29,30). The van der Waals surface area contributed by atoms with Crippen molar-refractivity contribution in [2.24, 2.45) is 5.92 Å². The first kappa shape index (κ1) is 20.3. The van der Waals surface area contributed by atoms with Gasteiger partial charge in [-0.25, -0.2) is 9.59 Å². The lowest BCUT2D eigenvalue weighted by Gasteiger charge is -2.18. The van der Waals surface area contributed by atoms with Crippen LogP contribution in [-0.4, -0.2) is 41.3 Å². The Balaban J connectivity index is 1.15. The fourth-order valence-corrected chi connectivity index (χ4v) is 4.64. The molecule has 0 bridgehead atoms. The Kier molecular flexibility index (Phi) is 4.96.